The molecule has 3 aromatic carbocycles. The summed E-state index contributed by atoms with van der Waals surface area (Å²) in [5.41, 5.74) is 7.31. The van der Waals surface area contributed by atoms with Gasteiger partial charge in [0, 0.05) is 41.0 Å². The van der Waals surface area contributed by atoms with E-state index in [0.717, 1.165) is 48.7 Å². The minimum atomic E-state index is -0.851. The first-order chi connectivity index (χ1) is 17.7. The highest BCUT2D eigenvalue weighted by molar-refractivity contribution is 5.87. The zero-order chi connectivity index (χ0) is 23.6. The van der Waals surface area contributed by atoms with Crippen LogP contribution in [-0.4, -0.2) is 39.7 Å². The molecule has 1 saturated heterocycles. The van der Waals surface area contributed by atoms with E-state index in [0.29, 0.717) is 6.42 Å². The number of ether oxygens (including phenoxy) is 1. The van der Waals surface area contributed by atoms with Gasteiger partial charge in [-0.3, -0.25) is 4.90 Å². The summed E-state index contributed by atoms with van der Waals surface area (Å²) in [5.74, 6) is 1.81. The standard InChI is InChI=1S/C32H30N2O2/c35-32-17-24-23-8-4-5-9-25(23)33-28(24)30-31(32)14-15-34(18-19-10-11-19)26(32)16-21-12-13-22(29(36-30)27(21)31)20-6-2-1-3-7-20/h1-9,12-13,19,26,30,33,35H,10-11,14-18H2/t26-,30-,31+,32-/m1/s1. The van der Waals surface area contributed by atoms with Crippen LogP contribution in [0.4, 0.5) is 0 Å². The lowest BCUT2D eigenvalue weighted by molar-refractivity contribution is -0.173. The first kappa shape index (κ1) is 20.0. The third kappa shape index (κ3) is 2.29. The van der Waals surface area contributed by atoms with Crippen molar-refractivity contribution >= 4 is 10.9 Å². The first-order valence-corrected chi connectivity index (χ1v) is 13.6. The van der Waals surface area contributed by atoms with Crippen LogP contribution in [0.25, 0.3) is 22.0 Å². The normalized spacial score (nSPS) is 31.7. The fourth-order valence-corrected chi connectivity index (χ4v) is 8.43. The van der Waals surface area contributed by atoms with Crippen molar-refractivity contribution in [3.8, 4) is 16.9 Å². The van der Waals surface area contributed by atoms with Gasteiger partial charge in [0.1, 0.15) is 5.75 Å². The average Bonchev–Trinajstić information content (AvgIpc) is 3.54. The second kappa shape index (κ2) is 6.62. The van der Waals surface area contributed by atoms with E-state index in [1.165, 1.54) is 46.2 Å². The van der Waals surface area contributed by atoms with Gasteiger partial charge in [0.2, 0.25) is 0 Å². The van der Waals surface area contributed by atoms with Crippen molar-refractivity contribution in [2.45, 2.75) is 55.3 Å². The highest BCUT2D eigenvalue weighted by atomic mass is 16.5. The Morgan fingerprint density at radius 2 is 1.83 bits per heavy atom. The van der Waals surface area contributed by atoms with Crippen LogP contribution in [0.2, 0.25) is 0 Å². The van der Waals surface area contributed by atoms with Crippen molar-refractivity contribution in [1.82, 2.24) is 9.88 Å². The van der Waals surface area contributed by atoms with Crippen molar-refractivity contribution in [2.24, 2.45) is 5.92 Å². The molecule has 2 N–H and O–H groups in total. The summed E-state index contributed by atoms with van der Waals surface area (Å²) in [6.45, 7) is 2.16. The summed E-state index contributed by atoms with van der Waals surface area (Å²) in [6.07, 6.45) is 5.01. The Kier molecular flexibility index (Phi) is 3.68. The van der Waals surface area contributed by atoms with E-state index in [1.54, 1.807) is 0 Å². The molecular formula is C32H30N2O2. The number of piperidine rings is 1. The molecule has 4 heteroatoms. The molecule has 5 aliphatic rings. The van der Waals surface area contributed by atoms with Crippen LogP contribution in [0, 0.1) is 5.92 Å². The Morgan fingerprint density at radius 3 is 2.69 bits per heavy atom. The van der Waals surface area contributed by atoms with Crippen LogP contribution >= 0.6 is 0 Å². The summed E-state index contributed by atoms with van der Waals surface area (Å²) >= 11 is 0. The van der Waals surface area contributed by atoms with Gasteiger partial charge in [-0.2, -0.15) is 0 Å². The van der Waals surface area contributed by atoms with E-state index < -0.39 is 11.0 Å². The number of rotatable bonds is 3. The summed E-state index contributed by atoms with van der Waals surface area (Å²) < 4.78 is 7.10. The molecule has 4 atom stereocenters. The lowest BCUT2D eigenvalue weighted by Crippen LogP contribution is -2.74. The quantitative estimate of drug-likeness (QED) is 0.410. The number of benzene rings is 3. The number of nitrogens with one attached hydrogen (secondary N) is 1. The molecule has 2 aliphatic heterocycles. The maximum absolute atomic E-state index is 13.1. The summed E-state index contributed by atoms with van der Waals surface area (Å²) in [7, 11) is 0. The van der Waals surface area contributed by atoms with Gasteiger partial charge < -0.3 is 14.8 Å². The Hall–Kier alpha value is -3.08. The molecule has 1 spiro atoms. The molecule has 1 aromatic heterocycles. The maximum Gasteiger partial charge on any atom is 0.151 e. The van der Waals surface area contributed by atoms with E-state index in [9.17, 15) is 5.11 Å². The lowest BCUT2D eigenvalue weighted by atomic mass is 9.49. The molecule has 0 amide bonds. The van der Waals surface area contributed by atoms with Gasteiger partial charge in [0.05, 0.1) is 16.7 Å². The van der Waals surface area contributed by atoms with Crippen LogP contribution in [0.15, 0.2) is 66.7 Å². The zero-order valence-corrected chi connectivity index (χ0v) is 20.3. The van der Waals surface area contributed by atoms with Crippen LogP contribution in [0.5, 0.6) is 5.75 Å². The smallest absolute Gasteiger partial charge is 0.151 e. The minimum absolute atomic E-state index is 0.126. The summed E-state index contributed by atoms with van der Waals surface area (Å²) in [4.78, 5) is 6.41. The summed E-state index contributed by atoms with van der Waals surface area (Å²) in [6, 6.07) is 23.9. The number of para-hydroxylation sites is 1. The molecular weight excluding hydrogens is 444 g/mol. The Bertz CT molecular complexity index is 1550. The second-order valence-corrected chi connectivity index (χ2v) is 11.9. The molecule has 2 fully saturated rings. The predicted octanol–water partition coefficient (Wildman–Crippen LogP) is 5.53. The highest BCUT2D eigenvalue weighted by Gasteiger charge is 2.72. The number of nitrogens with zero attached hydrogens (tertiary/aromatic N) is 1. The number of H-pyrrole nitrogens is 1. The molecule has 36 heavy (non-hydrogen) atoms. The van der Waals surface area contributed by atoms with Crippen molar-refractivity contribution in [3.05, 3.63) is 89.1 Å². The van der Waals surface area contributed by atoms with Gasteiger partial charge in [-0.1, -0.05) is 60.7 Å². The van der Waals surface area contributed by atoms with E-state index in [1.807, 2.05) is 0 Å². The van der Waals surface area contributed by atoms with Gasteiger partial charge >= 0.3 is 0 Å². The van der Waals surface area contributed by atoms with Crippen molar-refractivity contribution in [2.75, 3.05) is 13.1 Å². The largest absolute Gasteiger partial charge is 0.482 e. The SMILES string of the molecule is O[C@@]12Cc3c([nH]c4ccccc34)[C@H]3Oc4c(-c5ccccc5)ccc5c4[C@@]31CCN(CC1CC1)[C@@H]2C5. The predicted molar refractivity (Wildman–Crippen MR) is 140 cm³/mol. The van der Waals surface area contributed by atoms with E-state index in [-0.39, 0.29) is 12.1 Å². The van der Waals surface area contributed by atoms with Crippen molar-refractivity contribution in [1.29, 1.82) is 0 Å². The average molecular weight is 475 g/mol. The molecule has 0 unspecified atom stereocenters. The molecule has 2 bridgehead atoms. The van der Waals surface area contributed by atoms with Gasteiger partial charge in [0.25, 0.3) is 0 Å². The fourth-order valence-electron chi connectivity index (χ4n) is 8.43. The van der Waals surface area contributed by atoms with Gasteiger partial charge in [-0.25, -0.2) is 0 Å². The molecule has 1 saturated carbocycles. The van der Waals surface area contributed by atoms with Gasteiger partial charge in [-0.15, -0.1) is 0 Å². The number of aromatic nitrogens is 1. The number of hydrogen-bond donors (Lipinski definition) is 2. The van der Waals surface area contributed by atoms with Crippen LogP contribution in [0.3, 0.4) is 0 Å². The Labute approximate surface area is 210 Å². The second-order valence-electron chi connectivity index (χ2n) is 11.9. The number of aliphatic hydroxyl groups is 1. The first-order valence-electron chi connectivity index (χ1n) is 13.6. The Balaban J connectivity index is 1.33. The van der Waals surface area contributed by atoms with E-state index in [2.05, 4.69) is 76.6 Å². The number of hydrogen-bond acceptors (Lipinski definition) is 3. The molecule has 180 valence electrons. The van der Waals surface area contributed by atoms with Crippen LogP contribution in [0.1, 0.15) is 47.8 Å². The molecule has 3 heterocycles. The number of likely N-dealkylation sites (tertiary alicyclic amines) is 1. The lowest BCUT2D eigenvalue weighted by Gasteiger charge is -2.62. The van der Waals surface area contributed by atoms with E-state index in [4.69, 9.17) is 4.74 Å². The van der Waals surface area contributed by atoms with Gasteiger partial charge in [-0.05, 0) is 60.9 Å². The third-order valence-corrected chi connectivity index (χ3v) is 10.2. The van der Waals surface area contributed by atoms with E-state index >= 15 is 0 Å². The molecule has 4 aromatic rings. The molecule has 0 radical (unpaired) electrons. The molecule has 9 rings (SSSR count). The highest BCUT2D eigenvalue weighted by Crippen LogP contribution is 2.69. The minimum Gasteiger partial charge on any atom is -0.482 e. The Morgan fingerprint density at radius 1 is 1.00 bits per heavy atom. The van der Waals surface area contributed by atoms with Crippen LogP contribution in [-0.2, 0) is 18.3 Å². The molecule has 3 aliphatic carbocycles. The topological polar surface area (TPSA) is 48.5 Å². The van der Waals surface area contributed by atoms with Crippen molar-refractivity contribution < 1.29 is 9.84 Å². The fraction of sp³-hybridized carbons (Fsp3) is 0.375. The monoisotopic (exact) mass is 474 g/mol. The molecule has 4 nitrogen and oxygen atoms in total. The number of aromatic amines is 1. The van der Waals surface area contributed by atoms with Gasteiger partial charge in [0.15, 0.2) is 6.10 Å². The van der Waals surface area contributed by atoms with Crippen LogP contribution < -0.4 is 4.74 Å². The maximum atomic E-state index is 13.1. The van der Waals surface area contributed by atoms with Crippen molar-refractivity contribution in [3.63, 3.8) is 0 Å². The number of fused-ring (bicyclic) bond motifs is 4. The summed E-state index contributed by atoms with van der Waals surface area (Å²) in [5, 5.41) is 14.3. The zero-order valence-electron chi connectivity index (χ0n) is 20.3. The third-order valence-electron chi connectivity index (χ3n) is 10.2.